The number of nitrogens with zero attached hydrogens (tertiary/aromatic N) is 1. The molecule has 0 aliphatic carbocycles. The molecule has 3 rings (SSSR count). The maximum Gasteiger partial charge on any atom is 0.270 e. The number of phenols is 1. The van der Waals surface area contributed by atoms with E-state index in [4.69, 9.17) is 23.8 Å². The lowest BCUT2D eigenvalue weighted by Crippen LogP contribution is -2.27. The Kier molecular flexibility index (Phi) is 4.43. The van der Waals surface area contributed by atoms with Gasteiger partial charge < -0.3 is 5.11 Å². The molecule has 0 bridgehead atoms. The highest BCUT2D eigenvalue weighted by atomic mass is 35.5. The predicted molar refractivity (Wildman–Crippen MR) is 99.9 cm³/mol. The molecule has 0 spiro atoms. The largest absolute Gasteiger partial charge is 0.506 e. The predicted octanol–water partition coefficient (Wildman–Crippen LogP) is 4.76. The Hall–Kier alpha value is -1.82. The van der Waals surface area contributed by atoms with Crippen molar-refractivity contribution in [2.45, 2.75) is 6.92 Å². The number of thioether (sulfide) groups is 1. The van der Waals surface area contributed by atoms with Gasteiger partial charge in [0.25, 0.3) is 5.91 Å². The average Bonchev–Trinajstić information content (AvgIpc) is 2.79. The van der Waals surface area contributed by atoms with Crippen molar-refractivity contribution in [3.8, 4) is 5.75 Å². The van der Waals surface area contributed by atoms with Crippen LogP contribution in [0.25, 0.3) is 6.08 Å². The molecule has 3 nitrogen and oxygen atoms in total. The van der Waals surface area contributed by atoms with Crippen molar-refractivity contribution in [3.63, 3.8) is 0 Å². The highest BCUT2D eigenvalue weighted by Gasteiger charge is 2.33. The number of aromatic hydroxyl groups is 1. The normalized spacial score (nSPS) is 16.4. The van der Waals surface area contributed by atoms with Gasteiger partial charge in [0.15, 0.2) is 4.32 Å². The maximum atomic E-state index is 12.6. The fourth-order valence-corrected chi connectivity index (χ4v) is 3.64. The Balaban J connectivity index is 1.92. The molecule has 1 heterocycles. The van der Waals surface area contributed by atoms with Gasteiger partial charge in [-0.2, -0.15) is 0 Å². The fourth-order valence-electron chi connectivity index (χ4n) is 2.15. The number of anilines is 1. The van der Waals surface area contributed by atoms with E-state index in [1.54, 1.807) is 18.2 Å². The zero-order valence-electron chi connectivity index (χ0n) is 12.1. The number of phenolic OH excluding ortho intramolecular Hbond substituents is 1. The molecule has 1 fully saturated rings. The smallest absolute Gasteiger partial charge is 0.270 e. The minimum atomic E-state index is -0.159. The van der Waals surface area contributed by atoms with Crippen LogP contribution >= 0.6 is 35.6 Å². The van der Waals surface area contributed by atoms with Gasteiger partial charge in [-0.15, -0.1) is 0 Å². The first-order valence-electron chi connectivity index (χ1n) is 6.79. The molecule has 1 aliphatic heterocycles. The number of carbonyl (C=O) groups is 1. The second-order valence-electron chi connectivity index (χ2n) is 5.06. The van der Waals surface area contributed by atoms with E-state index in [9.17, 15) is 9.90 Å². The Labute approximate surface area is 148 Å². The molecule has 2 aromatic rings. The van der Waals surface area contributed by atoms with Gasteiger partial charge in [0.2, 0.25) is 0 Å². The summed E-state index contributed by atoms with van der Waals surface area (Å²) in [5, 5.41) is 9.70. The van der Waals surface area contributed by atoms with Crippen LogP contribution in [0, 0.1) is 6.92 Å². The van der Waals surface area contributed by atoms with Crippen LogP contribution in [-0.2, 0) is 4.79 Å². The van der Waals surface area contributed by atoms with E-state index in [-0.39, 0.29) is 16.7 Å². The van der Waals surface area contributed by atoms with Crippen LogP contribution in [0.15, 0.2) is 47.4 Å². The third-order valence-corrected chi connectivity index (χ3v) is 4.96. The number of thiocarbonyl (C=S) groups is 1. The Morgan fingerprint density at radius 3 is 2.57 bits per heavy atom. The maximum absolute atomic E-state index is 12.6. The summed E-state index contributed by atoms with van der Waals surface area (Å²) in [7, 11) is 0. The lowest BCUT2D eigenvalue weighted by atomic mass is 10.2. The molecule has 6 heteroatoms. The Morgan fingerprint density at radius 2 is 1.91 bits per heavy atom. The van der Waals surface area contributed by atoms with E-state index in [1.165, 1.54) is 22.7 Å². The van der Waals surface area contributed by atoms with E-state index in [0.717, 1.165) is 16.8 Å². The van der Waals surface area contributed by atoms with E-state index in [1.807, 2.05) is 31.2 Å². The first-order chi connectivity index (χ1) is 11.0. The molecule has 1 amide bonds. The summed E-state index contributed by atoms with van der Waals surface area (Å²) < 4.78 is 0.495. The molecule has 23 heavy (non-hydrogen) atoms. The summed E-state index contributed by atoms with van der Waals surface area (Å²) in [5.74, 6) is -0.149. The van der Waals surface area contributed by atoms with E-state index in [2.05, 4.69) is 0 Å². The van der Waals surface area contributed by atoms with Crippen molar-refractivity contribution < 1.29 is 9.90 Å². The van der Waals surface area contributed by atoms with Crippen molar-refractivity contribution >= 4 is 57.6 Å². The van der Waals surface area contributed by atoms with Crippen LogP contribution in [-0.4, -0.2) is 15.3 Å². The average molecular weight is 362 g/mol. The van der Waals surface area contributed by atoms with Crippen molar-refractivity contribution in [2.24, 2.45) is 0 Å². The summed E-state index contributed by atoms with van der Waals surface area (Å²) in [5.41, 5.74) is 2.61. The first-order valence-corrected chi connectivity index (χ1v) is 8.39. The minimum Gasteiger partial charge on any atom is -0.506 e. The second-order valence-corrected chi connectivity index (χ2v) is 7.15. The van der Waals surface area contributed by atoms with E-state index in [0.29, 0.717) is 9.23 Å². The number of amides is 1. The van der Waals surface area contributed by atoms with Crippen molar-refractivity contribution in [1.29, 1.82) is 0 Å². The van der Waals surface area contributed by atoms with Gasteiger partial charge in [-0.1, -0.05) is 59.3 Å². The Bertz CT molecular complexity index is 831. The second kappa shape index (κ2) is 6.35. The van der Waals surface area contributed by atoms with Crippen molar-refractivity contribution in [2.75, 3.05) is 4.90 Å². The van der Waals surface area contributed by atoms with Gasteiger partial charge in [-0.3, -0.25) is 9.69 Å². The molecule has 0 atom stereocenters. The summed E-state index contributed by atoms with van der Waals surface area (Å²) in [4.78, 5) is 14.7. The van der Waals surface area contributed by atoms with Crippen molar-refractivity contribution in [1.82, 2.24) is 0 Å². The first kappa shape index (κ1) is 16.1. The number of carbonyl (C=O) groups excluding carboxylic acids is 1. The molecular weight excluding hydrogens is 350 g/mol. The molecule has 116 valence electrons. The van der Waals surface area contributed by atoms with Crippen LogP contribution in [0.3, 0.4) is 0 Å². The van der Waals surface area contributed by atoms with E-state index < -0.39 is 0 Å². The van der Waals surface area contributed by atoms with Crippen LogP contribution in [0.2, 0.25) is 5.02 Å². The van der Waals surface area contributed by atoms with Gasteiger partial charge in [0.1, 0.15) is 5.75 Å². The van der Waals surface area contributed by atoms with Crippen LogP contribution in [0.4, 0.5) is 5.69 Å². The monoisotopic (exact) mass is 361 g/mol. The lowest BCUT2D eigenvalue weighted by molar-refractivity contribution is -0.113. The van der Waals surface area contributed by atoms with Crippen molar-refractivity contribution in [3.05, 3.63) is 63.5 Å². The standard InChI is InChI=1S/C17H12ClNO2S2/c1-10-2-5-12(6-3-10)19-16(21)15(23-17(19)22)9-11-4-7-14(20)13(18)8-11/h2-9,20H,1H3/b15-9-. The number of benzene rings is 2. The fraction of sp³-hybridized carbons (Fsp3) is 0.0588. The number of hydrogen-bond acceptors (Lipinski definition) is 4. The molecule has 0 radical (unpaired) electrons. The number of rotatable bonds is 2. The minimum absolute atomic E-state index is 0.0102. The van der Waals surface area contributed by atoms with Gasteiger partial charge in [-0.05, 0) is 42.8 Å². The van der Waals surface area contributed by atoms with Crippen LogP contribution in [0.1, 0.15) is 11.1 Å². The number of halogens is 1. The topological polar surface area (TPSA) is 40.5 Å². The summed E-state index contributed by atoms with van der Waals surface area (Å²) in [6, 6.07) is 12.4. The highest BCUT2D eigenvalue weighted by Crippen LogP contribution is 2.36. The molecular formula is C17H12ClNO2S2. The summed E-state index contributed by atoms with van der Waals surface area (Å²) >= 11 is 12.5. The molecule has 0 aromatic heterocycles. The molecule has 1 saturated heterocycles. The van der Waals surface area contributed by atoms with E-state index >= 15 is 0 Å². The lowest BCUT2D eigenvalue weighted by Gasteiger charge is -2.14. The van der Waals surface area contributed by atoms with Crippen LogP contribution < -0.4 is 4.90 Å². The zero-order valence-corrected chi connectivity index (χ0v) is 14.5. The van der Waals surface area contributed by atoms with Gasteiger partial charge in [0, 0.05) is 0 Å². The van der Waals surface area contributed by atoms with Gasteiger partial charge in [-0.25, -0.2) is 0 Å². The number of hydrogen-bond donors (Lipinski definition) is 1. The van der Waals surface area contributed by atoms with Gasteiger partial charge >= 0.3 is 0 Å². The van der Waals surface area contributed by atoms with Gasteiger partial charge in [0.05, 0.1) is 15.6 Å². The molecule has 2 aromatic carbocycles. The molecule has 1 N–H and O–H groups in total. The zero-order chi connectivity index (χ0) is 16.6. The molecule has 0 unspecified atom stereocenters. The summed E-state index contributed by atoms with van der Waals surface area (Å²) in [6.07, 6.45) is 1.72. The third kappa shape index (κ3) is 3.27. The quantitative estimate of drug-likeness (QED) is 0.618. The Morgan fingerprint density at radius 1 is 1.22 bits per heavy atom. The molecule has 0 saturated carbocycles. The molecule has 1 aliphatic rings. The highest BCUT2D eigenvalue weighted by molar-refractivity contribution is 8.27. The third-order valence-electron chi connectivity index (χ3n) is 3.36. The SMILES string of the molecule is Cc1ccc(N2C(=O)/C(=C/c3ccc(O)c(Cl)c3)SC2=S)cc1. The summed E-state index contributed by atoms with van der Waals surface area (Å²) in [6.45, 7) is 1.99. The number of aryl methyl sites for hydroxylation is 1. The van der Waals surface area contributed by atoms with Crippen LogP contribution in [0.5, 0.6) is 5.75 Å².